The number of carboxylic acids is 1. The number of carbonyl (C=O) groups is 2. The van der Waals surface area contributed by atoms with E-state index in [2.05, 4.69) is 4.74 Å². The van der Waals surface area contributed by atoms with E-state index in [4.69, 9.17) is 5.11 Å². The molecule has 0 bridgehead atoms. The van der Waals surface area contributed by atoms with Crippen molar-refractivity contribution in [3.05, 3.63) is 46.8 Å². The molecule has 0 saturated carbocycles. The average Bonchev–Trinajstić information content (AvgIpc) is 2.66. The van der Waals surface area contributed by atoms with E-state index in [0.29, 0.717) is 6.07 Å². The van der Waals surface area contributed by atoms with Gasteiger partial charge >= 0.3 is 18.0 Å². The van der Waals surface area contributed by atoms with Crippen molar-refractivity contribution in [3.63, 3.8) is 0 Å². The normalized spacial score (nSPS) is 16.2. The Balaban J connectivity index is 2.34. The van der Waals surface area contributed by atoms with Crippen LogP contribution in [-0.2, 0) is 9.59 Å². The number of benzene rings is 2. The van der Waals surface area contributed by atoms with Crippen molar-refractivity contribution in [2.24, 2.45) is 0 Å². The molecule has 3 rings (SSSR count). The van der Waals surface area contributed by atoms with E-state index < -0.39 is 75.7 Å². The van der Waals surface area contributed by atoms with Gasteiger partial charge in [0.25, 0.3) is 0 Å². The van der Waals surface area contributed by atoms with Crippen LogP contribution in [0.25, 0.3) is 11.1 Å². The molecule has 1 aliphatic heterocycles. The topological polar surface area (TPSA) is 66.8 Å². The number of hydrogen-bond acceptors (Lipinski definition) is 3. The Labute approximate surface area is 163 Å². The summed E-state index contributed by atoms with van der Waals surface area (Å²) in [4.78, 5) is 23.4. The largest absolute Gasteiger partial charge is 0.483 e. The summed E-state index contributed by atoms with van der Waals surface area (Å²) in [6.45, 7) is 1.99. The Morgan fingerprint density at radius 1 is 1.03 bits per heavy atom. The second-order valence-corrected chi connectivity index (χ2v) is 6.39. The lowest BCUT2D eigenvalue weighted by Gasteiger charge is -2.36. The number of anilines is 1. The van der Waals surface area contributed by atoms with Crippen molar-refractivity contribution in [1.29, 1.82) is 0 Å². The van der Waals surface area contributed by atoms with E-state index in [1.807, 2.05) is 0 Å². The molecule has 0 aliphatic carbocycles. The van der Waals surface area contributed by atoms with Crippen LogP contribution in [0, 0.1) is 36.0 Å². The van der Waals surface area contributed by atoms with Gasteiger partial charge in [0.1, 0.15) is 6.04 Å². The van der Waals surface area contributed by atoms with Gasteiger partial charge in [-0.25, -0.2) is 26.7 Å². The van der Waals surface area contributed by atoms with Gasteiger partial charge in [-0.15, -0.1) is 0 Å². The molecule has 2 aromatic carbocycles. The molecule has 160 valence electrons. The standard InChI is InChI=1S/C18H10F7NO4/c1-5-3-9-8(26(6(2)16(27)28)17(29)18(24,25)30-9)4-7(5)10-11(19)13(21)15(23)14(22)12(10)20/h3-4,6H,1-2H3,(H,27,28). The molecule has 0 saturated heterocycles. The number of hydrogen-bond donors (Lipinski definition) is 1. The van der Waals surface area contributed by atoms with Crippen molar-refractivity contribution in [2.45, 2.75) is 26.0 Å². The average molecular weight is 437 g/mol. The molecule has 1 N–H and O–H groups in total. The summed E-state index contributed by atoms with van der Waals surface area (Å²) in [5.41, 5.74) is -2.92. The summed E-state index contributed by atoms with van der Waals surface area (Å²) in [6, 6.07) is -0.460. The molecule has 1 heterocycles. The number of fused-ring (bicyclic) bond motifs is 1. The zero-order valence-corrected chi connectivity index (χ0v) is 15.0. The van der Waals surface area contributed by atoms with Crippen LogP contribution in [0.1, 0.15) is 12.5 Å². The van der Waals surface area contributed by atoms with E-state index in [-0.39, 0.29) is 10.5 Å². The number of halogens is 7. The number of carboxylic acid groups (broad SMARTS) is 1. The Bertz CT molecular complexity index is 1070. The molecular formula is C18H10F7NO4. The zero-order chi connectivity index (χ0) is 22.7. The number of rotatable bonds is 3. The number of alkyl halides is 2. The molecule has 0 aromatic heterocycles. The predicted octanol–water partition coefficient (Wildman–Crippen LogP) is 4.15. The lowest BCUT2D eigenvalue weighted by molar-refractivity contribution is -0.193. The van der Waals surface area contributed by atoms with Gasteiger partial charge < -0.3 is 9.84 Å². The minimum absolute atomic E-state index is 0.107. The van der Waals surface area contributed by atoms with Crippen molar-refractivity contribution >= 4 is 17.6 Å². The Hall–Kier alpha value is -3.31. The van der Waals surface area contributed by atoms with Crippen molar-refractivity contribution < 1.29 is 50.2 Å². The van der Waals surface area contributed by atoms with Crippen LogP contribution in [0.3, 0.4) is 0 Å². The highest BCUT2D eigenvalue weighted by Crippen LogP contribution is 2.45. The number of ether oxygens (including phenoxy) is 1. The molecule has 30 heavy (non-hydrogen) atoms. The fourth-order valence-corrected chi connectivity index (χ4v) is 2.98. The van der Waals surface area contributed by atoms with Crippen LogP contribution >= 0.6 is 0 Å². The summed E-state index contributed by atoms with van der Waals surface area (Å²) >= 11 is 0. The molecular weight excluding hydrogens is 427 g/mol. The maximum absolute atomic E-state index is 14.2. The van der Waals surface area contributed by atoms with Crippen LogP contribution in [0.2, 0.25) is 0 Å². The summed E-state index contributed by atoms with van der Waals surface area (Å²) in [5.74, 6) is -15.8. The van der Waals surface area contributed by atoms with Gasteiger partial charge in [0.2, 0.25) is 5.82 Å². The maximum Gasteiger partial charge on any atom is 0.483 e. The lowest BCUT2D eigenvalue weighted by Crippen LogP contribution is -2.55. The van der Waals surface area contributed by atoms with Gasteiger partial charge in [-0.1, -0.05) is 0 Å². The van der Waals surface area contributed by atoms with Gasteiger partial charge in [0.15, 0.2) is 29.0 Å². The second kappa shape index (κ2) is 6.89. The number of nitrogens with zero attached hydrogens (tertiary/aromatic N) is 1. The molecule has 1 aliphatic rings. The molecule has 1 unspecified atom stereocenters. The number of amides is 1. The first-order chi connectivity index (χ1) is 13.8. The molecule has 5 nitrogen and oxygen atoms in total. The van der Waals surface area contributed by atoms with Crippen LogP contribution < -0.4 is 9.64 Å². The van der Waals surface area contributed by atoms with Gasteiger partial charge in [-0.05, 0) is 37.1 Å². The molecule has 1 amide bonds. The maximum atomic E-state index is 14.2. The van der Waals surface area contributed by atoms with Gasteiger partial charge in [-0.3, -0.25) is 9.69 Å². The quantitative estimate of drug-likeness (QED) is 0.445. The van der Waals surface area contributed by atoms with Gasteiger partial charge in [-0.2, -0.15) is 8.78 Å². The Kier molecular flexibility index (Phi) is 4.91. The van der Waals surface area contributed by atoms with Crippen molar-refractivity contribution in [2.75, 3.05) is 4.90 Å². The van der Waals surface area contributed by atoms with Gasteiger partial charge in [0.05, 0.1) is 11.3 Å². The molecule has 2 aromatic rings. The number of carbonyl (C=O) groups excluding carboxylic acids is 1. The van der Waals surface area contributed by atoms with Crippen LogP contribution in [-0.4, -0.2) is 29.1 Å². The Morgan fingerprint density at radius 2 is 1.53 bits per heavy atom. The molecule has 0 radical (unpaired) electrons. The fourth-order valence-electron chi connectivity index (χ4n) is 2.98. The SMILES string of the molecule is Cc1cc2c(cc1-c1c(F)c(F)c(F)c(F)c1F)N(C(C)C(=O)O)C(=O)C(F)(F)O2. The summed E-state index contributed by atoms with van der Waals surface area (Å²) in [7, 11) is 0. The third-order valence-corrected chi connectivity index (χ3v) is 4.50. The highest BCUT2D eigenvalue weighted by atomic mass is 19.3. The first-order valence-corrected chi connectivity index (χ1v) is 8.09. The summed E-state index contributed by atoms with van der Waals surface area (Å²) in [5, 5.41) is 9.14. The van der Waals surface area contributed by atoms with Crippen molar-refractivity contribution in [1.82, 2.24) is 0 Å². The first kappa shape index (κ1) is 21.4. The molecule has 12 heteroatoms. The highest BCUT2D eigenvalue weighted by Gasteiger charge is 2.53. The summed E-state index contributed by atoms with van der Waals surface area (Å²) < 4.78 is 101. The summed E-state index contributed by atoms with van der Waals surface area (Å²) in [6.07, 6.45) is -4.45. The molecule has 0 fully saturated rings. The Morgan fingerprint density at radius 3 is 2.03 bits per heavy atom. The molecule has 1 atom stereocenters. The van der Waals surface area contributed by atoms with E-state index in [0.717, 1.165) is 19.9 Å². The third-order valence-electron chi connectivity index (χ3n) is 4.50. The lowest BCUT2D eigenvalue weighted by atomic mass is 9.96. The van der Waals surface area contributed by atoms with Crippen LogP contribution in [0.15, 0.2) is 12.1 Å². The van der Waals surface area contributed by atoms with Gasteiger partial charge in [0, 0.05) is 0 Å². The van der Waals surface area contributed by atoms with Crippen LogP contribution in [0.4, 0.5) is 36.4 Å². The predicted molar refractivity (Wildman–Crippen MR) is 86.6 cm³/mol. The third kappa shape index (κ3) is 3.02. The van der Waals surface area contributed by atoms with E-state index in [1.54, 1.807) is 0 Å². The minimum Gasteiger partial charge on any atom is -0.480 e. The van der Waals surface area contributed by atoms with E-state index >= 15 is 0 Å². The molecule has 0 spiro atoms. The zero-order valence-electron chi connectivity index (χ0n) is 15.0. The fraction of sp³-hybridized carbons (Fsp3) is 0.222. The second-order valence-electron chi connectivity index (χ2n) is 6.39. The smallest absolute Gasteiger partial charge is 0.480 e. The minimum atomic E-state index is -4.45. The monoisotopic (exact) mass is 437 g/mol. The van der Waals surface area contributed by atoms with E-state index in [9.17, 15) is 40.3 Å². The number of aryl methyl sites for hydroxylation is 1. The first-order valence-electron chi connectivity index (χ1n) is 8.09. The van der Waals surface area contributed by atoms with Crippen LogP contribution in [0.5, 0.6) is 5.75 Å². The van der Waals surface area contributed by atoms with E-state index in [1.165, 1.54) is 0 Å². The number of aliphatic carboxylic acids is 1. The van der Waals surface area contributed by atoms with Crippen molar-refractivity contribution in [3.8, 4) is 16.9 Å². The highest BCUT2D eigenvalue weighted by molar-refractivity contribution is 6.05.